The van der Waals surface area contributed by atoms with Gasteiger partial charge in [-0.25, -0.2) is 17.5 Å². The van der Waals surface area contributed by atoms with Crippen molar-refractivity contribution in [1.82, 2.24) is 9.88 Å². The number of hydrogen-bond donors (Lipinski definition) is 2. The molecule has 0 atom stereocenters. The largest absolute Gasteiger partial charge is 0.356 e. The molecule has 80 valence electrons. The summed E-state index contributed by atoms with van der Waals surface area (Å²) in [5.41, 5.74) is 0.733. The molecule has 0 radical (unpaired) electrons. The number of fused-ring (bicyclic) bond motifs is 1. The Balaban J connectivity index is 2.36. The summed E-state index contributed by atoms with van der Waals surface area (Å²) in [6, 6.07) is 3.96. The maximum absolute atomic E-state index is 12.8. The first-order valence-electron chi connectivity index (χ1n) is 4.08. The molecular formula is C8H7FN2O3S. The Morgan fingerprint density at radius 3 is 3.00 bits per heavy atom. The van der Waals surface area contributed by atoms with Gasteiger partial charge in [0.25, 0.3) is 0 Å². The second-order valence-corrected chi connectivity index (χ2v) is 3.69. The summed E-state index contributed by atoms with van der Waals surface area (Å²) in [4.78, 5) is 0. The minimum Gasteiger partial charge on any atom is -0.356 e. The summed E-state index contributed by atoms with van der Waals surface area (Å²) in [5.74, 6) is -0.423. The smallest absolute Gasteiger partial charge is 0.201 e. The second-order valence-electron chi connectivity index (χ2n) is 2.86. The number of aromatic nitrogens is 1. The van der Waals surface area contributed by atoms with Gasteiger partial charge in [0, 0.05) is 11.5 Å². The van der Waals surface area contributed by atoms with E-state index in [1.54, 1.807) is 0 Å². The molecule has 1 N–H and O–H groups in total. The molecule has 0 amide bonds. The highest BCUT2D eigenvalue weighted by atomic mass is 32.2. The van der Waals surface area contributed by atoms with Crippen LogP contribution in [0.1, 0.15) is 5.69 Å². The average molecular weight is 230 g/mol. The SMILES string of the molecule is O=[SH](=O)NCc1noc2cc(F)ccc12. The van der Waals surface area contributed by atoms with Gasteiger partial charge < -0.3 is 4.52 Å². The maximum atomic E-state index is 12.8. The van der Waals surface area contributed by atoms with Gasteiger partial charge in [-0.2, -0.15) is 0 Å². The van der Waals surface area contributed by atoms with Crippen molar-refractivity contribution in [1.29, 1.82) is 0 Å². The first kappa shape index (κ1) is 10.1. The van der Waals surface area contributed by atoms with Crippen molar-refractivity contribution in [2.24, 2.45) is 0 Å². The van der Waals surface area contributed by atoms with Crippen LogP contribution >= 0.6 is 0 Å². The molecule has 0 aliphatic carbocycles. The highest BCUT2D eigenvalue weighted by Gasteiger charge is 2.08. The van der Waals surface area contributed by atoms with E-state index in [-0.39, 0.29) is 6.54 Å². The van der Waals surface area contributed by atoms with Crippen LogP contribution in [-0.4, -0.2) is 13.6 Å². The molecule has 5 nitrogen and oxygen atoms in total. The normalized spacial score (nSPS) is 11.3. The molecular weight excluding hydrogens is 223 g/mol. The van der Waals surface area contributed by atoms with Crippen LogP contribution in [0.3, 0.4) is 0 Å². The number of benzene rings is 1. The molecule has 2 rings (SSSR count). The third kappa shape index (κ3) is 2.13. The van der Waals surface area contributed by atoms with Gasteiger partial charge in [-0.3, -0.25) is 0 Å². The molecule has 0 aliphatic heterocycles. The van der Waals surface area contributed by atoms with Crippen LogP contribution < -0.4 is 4.72 Å². The zero-order valence-corrected chi connectivity index (χ0v) is 8.33. The topological polar surface area (TPSA) is 72.2 Å². The van der Waals surface area contributed by atoms with Crippen molar-refractivity contribution >= 4 is 21.9 Å². The fourth-order valence-corrected chi connectivity index (χ4v) is 1.51. The number of thiol groups is 1. The van der Waals surface area contributed by atoms with Gasteiger partial charge >= 0.3 is 0 Å². The van der Waals surface area contributed by atoms with E-state index in [9.17, 15) is 12.8 Å². The lowest BCUT2D eigenvalue weighted by atomic mass is 10.2. The highest BCUT2D eigenvalue weighted by molar-refractivity contribution is 7.70. The lowest BCUT2D eigenvalue weighted by Crippen LogP contribution is -2.10. The van der Waals surface area contributed by atoms with Crippen LogP contribution in [0.25, 0.3) is 11.0 Å². The summed E-state index contributed by atoms with van der Waals surface area (Å²) < 4.78 is 40.4. The zero-order valence-electron chi connectivity index (χ0n) is 7.44. The second kappa shape index (κ2) is 3.95. The monoisotopic (exact) mass is 230 g/mol. The molecule has 0 bridgehead atoms. The zero-order chi connectivity index (χ0) is 10.8. The van der Waals surface area contributed by atoms with Gasteiger partial charge in [0.05, 0.1) is 6.54 Å². The van der Waals surface area contributed by atoms with Gasteiger partial charge in [-0.1, -0.05) is 5.16 Å². The molecule has 2 aromatic rings. The molecule has 0 saturated heterocycles. The van der Waals surface area contributed by atoms with Crippen molar-refractivity contribution in [3.63, 3.8) is 0 Å². The van der Waals surface area contributed by atoms with Crippen LogP contribution in [0.2, 0.25) is 0 Å². The fourth-order valence-electron chi connectivity index (χ4n) is 1.23. The molecule has 1 aromatic carbocycles. The number of nitrogens with one attached hydrogen (secondary N) is 1. The van der Waals surface area contributed by atoms with Crippen LogP contribution in [0, 0.1) is 5.82 Å². The molecule has 0 spiro atoms. The molecule has 1 aromatic heterocycles. The molecule has 7 heteroatoms. The van der Waals surface area contributed by atoms with E-state index in [1.807, 2.05) is 0 Å². The van der Waals surface area contributed by atoms with E-state index >= 15 is 0 Å². The first-order chi connectivity index (χ1) is 7.16. The van der Waals surface area contributed by atoms with Gasteiger partial charge in [-0.05, 0) is 12.1 Å². The highest BCUT2D eigenvalue weighted by Crippen LogP contribution is 2.19. The Morgan fingerprint density at radius 1 is 1.47 bits per heavy atom. The van der Waals surface area contributed by atoms with E-state index in [4.69, 9.17) is 4.52 Å². The van der Waals surface area contributed by atoms with Gasteiger partial charge in [0.15, 0.2) is 5.58 Å². The maximum Gasteiger partial charge on any atom is 0.201 e. The first-order valence-corrected chi connectivity index (χ1v) is 5.26. The number of rotatable bonds is 3. The molecule has 0 aliphatic rings. The standard InChI is InChI=1S/C8H7FN2O3S/c9-5-1-2-6-7(4-10-15(12)13)11-14-8(6)3-5/h1-3,15H,4H2,(H,10,12,13). The van der Waals surface area contributed by atoms with Crippen molar-refractivity contribution in [2.45, 2.75) is 6.54 Å². The van der Waals surface area contributed by atoms with E-state index in [2.05, 4.69) is 9.88 Å². The lowest BCUT2D eigenvalue weighted by Gasteiger charge is -1.92. The molecule has 0 unspecified atom stereocenters. The number of halogens is 1. The van der Waals surface area contributed by atoms with Gasteiger partial charge in [0.1, 0.15) is 11.5 Å². The predicted octanol–water partition coefficient (Wildman–Crippen LogP) is 0.583. The quantitative estimate of drug-likeness (QED) is 0.757. The minimum atomic E-state index is -2.67. The summed E-state index contributed by atoms with van der Waals surface area (Å²) in [6.45, 7) is 0.0390. The van der Waals surface area contributed by atoms with E-state index in [0.717, 1.165) is 0 Å². The summed E-state index contributed by atoms with van der Waals surface area (Å²) >= 11 is 0. The Hall–Kier alpha value is -1.47. The Bertz CT molecular complexity index is 556. The van der Waals surface area contributed by atoms with Crippen molar-refractivity contribution in [2.75, 3.05) is 0 Å². The van der Waals surface area contributed by atoms with Crippen LogP contribution in [0.4, 0.5) is 4.39 Å². The van der Waals surface area contributed by atoms with Gasteiger partial charge in [-0.15, -0.1) is 0 Å². The van der Waals surface area contributed by atoms with Crippen molar-refractivity contribution < 1.29 is 17.3 Å². The number of nitrogens with zero attached hydrogens (tertiary/aromatic N) is 1. The van der Waals surface area contributed by atoms with Crippen LogP contribution in [-0.2, 0) is 17.4 Å². The van der Waals surface area contributed by atoms with E-state index in [0.29, 0.717) is 16.7 Å². The van der Waals surface area contributed by atoms with Crippen LogP contribution in [0.5, 0.6) is 0 Å². The van der Waals surface area contributed by atoms with E-state index in [1.165, 1.54) is 18.2 Å². The minimum absolute atomic E-state index is 0.0390. The van der Waals surface area contributed by atoms with E-state index < -0.39 is 16.7 Å². The lowest BCUT2D eigenvalue weighted by molar-refractivity contribution is 0.443. The Morgan fingerprint density at radius 2 is 2.27 bits per heavy atom. The summed E-state index contributed by atoms with van der Waals surface area (Å²) in [6.07, 6.45) is 0. The summed E-state index contributed by atoms with van der Waals surface area (Å²) in [7, 11) is -2.67. The van der Waals surface area contributed by atoms with Crippen molar-refractivity contribution in [3.8, 4) is 0 Å². The molecule has 15 heavy (non-hydrogen) atoms. The molecule has 0 saturated carbocycles. The van der Waals surface area contributed by atoms with Crippen LogP contribution in [0.15, 0.2) is 22.7 Å². The van der Waals surface area contributed by atoms with Crippen molar-refractivity contribution in [3.05, 3.63) is 29.7 Å². The number of hydrogen-bond acceptors (Lipinski definition) is 4. The summed E-state index contributed by atoms with van der Waals surface area (Å²) in [5, 5.41) is 4.23. The Kier molecular flexibility index (Phi) is 2.65. The fraction of sp³-hybridized carbons (Fsp3) is 0.125. The molecule has 0 fully saturated rings. The third-order valence-electron chi connectivity index (χ3n) is 1.88. The predicted molar refractivity (Wildman–Crippen MR) is 51.1 cm³/mol. The Labute approximate surface area is 86.0 Å². The molecule has 1 heterocycles. The van der Waals surface area contributed by atoms with Gasteiger partial charge in [0.2, 0.25) is 10.9 Å². The average Bonchev–Trinajstić information content (AvgIpc) is 2.57. The third-order valence-corrected chi connectivity index (χ3v) is 2.30.